The van der Waals surface area contributed by atoms with Crippen LogP contribution >= 0.6 is 15.9 Å². The van der Waals surface area contributed by atoms with Crippen LogP contribution in [0.1, 0.15) is 15.9 Å². The molecule has 8 heteroatoms. The Bertz CT molecular complexity index is 945. The first-order valence-corrected chi connectivity index (χ1v) is 9.22. The summed E-state index contributed by atoms with van der Waals surface area (Å²) in [5.41, 5.74) is 2.16. The zero-order valence-corrected chi connectivity index (χ0v) is 17.3. The standard InChI is InChI=1S/C20H20BrN3O4/c1-26-17-8-13(9-18(27-2)19(17)28-3)10-22-20(25)14-11-23-24(12-14)16-6-4-15(21)5-7-16/h4-9,11-12H,10H2,1-3H3,(H,22,25). The summed E-state index contributed by atoms with van der Waals surface area (Å²) in [5.74, 6) is 1.36. The number of carbonyl (C=O) groups excluding carboxylic acids is 1. The molecule has 0 saturated carbocycles. The minimum absolute atomic E-state index is 0.225. The molecule has 28 heavy (non-hydrogen) atoms. The van der Waals surface area contributed by atoms with E-state index < -0.39 is 0 Å². The number of benzene rings is 2. The second-order valence-electron chi connectivity index (χ2n) is 5.87. The predicted octanol–water partition coefficient (Wildman–Crippen LogP) is 3.59. The molecule has 1 amide bonds. The molecule has 0 saturated heterocycles. The van der Waals surface area contributed by atoms with E-state index in [1.54, 1.807) is 44.3 Å². The third kappa shape index (κ3) is 4.28. The van der Waals surface area contributed by atoms with Crippen LogP contribution in [-0.2, 0) is 6.54 Å². The van der Waals surface area contributed by atoms with Crippen molar-refractivity contribution >= 4 is 21.8 Å². The molecule has 0 radical (unpaired) electrons. The van der Waals surface area contributed by atoms with Gasteiger partial charge in [-0.1, -0.05) is 15.9 Å². The number of nitrogens with one attached hydrogen (secondary N) is 1. The maximum absolute atomic E-state index is 12.5. The highest BCUT2D eigenvalue weighted by molar-refractivity contribution is 9.10. The van der Waals surface area contributed by atoms with E-state index in [9.17, 15) is 4.79 Å². The van der Waals surface area contributed by atoms with E-state index >= 15 is 0 Å². The summed E-state index contributed by atoms with van der Waals surface area (Å²) in [7, 11) is 4.65. The van der Waals surface area contributed by atoms with Crippen molar-refractivity contribution in [2.75, 3.05) is 21.3 Å². The maximum Gasteiger partial charge on any atom is 0.254 e. The van der Waals surface area contributed by atoms with Crippen molar-refractivity contribution in [1.29, 1.82) is 0 Å². The van der Waals surface area contributed by atoms with Gasteiger partial charge in [0, 0.05) is 17.2 Å². The monoisotopic (exact) mass is 445 g/mol. The van der Waals surface area contributed by atoms with Gasteiger partial charge in [0.05, 0.1) is 38.8 Å². The van der Waals surface area contributed by atoms with Crippen molar-refractivity contribution in [3.63, 3.8) is 0 Å². The number of methoxy groups -OCH3 is 3. The van der Waals surface area contributed by atoms with Crippen molar-refractivity contribution in [2.45, 2.75) is 6.54 Å². The molecule has 1 heterocycles. The van der Waals surface area contributed by atoms with Gasteiger partial charge in [0.15, 0.2) is 11.5 Å². The molecule has 0 spiro atoms. The topological polar surface area (TPSA) is 74.6 Å². The Kier molecular flexibility index (Phi) is 6.20. The Hall–Kier alpha value is -3.00. The average molecular weight is 446 g/mol. The molecule has 2 aromatic carbocycles. The number of amides is 1. The van der Waals surface area contributed by atoms with Crippen LogP contribution in [0.2, 0.25) is 0 Å². The van der Waals surface area contributed by atoms with Crippen molar-refractivity contribution < 1.29 is 19.0 Å². The lowest BCUT2D eigenvalue weighted by Crippen LogP contribution is -2.22. The number of carbonyl (C=O) groups is 1. The van der Waals surface area contributed by atoms with Gasteiger partial charge in [0.25, 0.3) is 5.91 Å². The van der Waals surface area contributed by atoms with E-state index in [2.05, 4.69) is 26.3 Å². The lowest BCUT2D eigenvalue weighted by Gasteiger charge is -2.14. The number of hydrogen-bond acceptors (Lipinski definition) is 5. The third-order valence-corrected chi connectivity index (χ3v) is 4.64. The molecule has 1 aromatic heterocycles. The molecule has 0 aliphatic heterocycles. The molecule has 146 valence electrons. The van der Waals surface area contributed by atoms with Crippen molar-refractivity contribution in [3.8, 4) is 22.9 Å². The van der Waals surface area contributed by atoms with Crippen molar-refractivity contribution in [3.05, 3.63) is 64.4 Å². The van der Waals surface area contributed by atoms with E-state index in [1.165, 1.54) is 6.20 Å². The number of nitrogens with zero attached hydrogens (tertiary/aromatic N) is 2. The molecular formula is C20H20BrN3O4. The second-order valence-corrected chi connectivity index (χ2v) is 6.78. The normalized spacial score (nSPS) is 10.4. The molecule has 0 aliphatic rings. The molecule has 0 fully saturated rings. The highest BCUT2D eigenvalue weighted by Crippen LogP contribution is 2.38. The quantitative estimate of drug-likeness (QED) is 0.601. The van der Waals surface area contributed by atoms with Crippen LogP contribution in [0.3, 0.4) is 0 Å². The van der Waals surface area contributed by atoms with Crippen LogP contribution < -0.4 is 19.5 Å². The van der Waals surface area contributed by atoms with Gasteiger partial charge in [0.2, 0.25) is 5.75 Å². The van der Waals surface area contributed by atoms with E-state index in [0.717, 1.165) is 15.7 Å². The molecule has 7 nitrogen and oxygen atoms in total. The summed E-state index contributed by atoms with van der Waals surface area (Å²) < 4.78 is 18.6. The van der Waals surface area contributed by atoms with E-state index in [4.69, 9.17) is 14.2 Å². The Morgan fingerprint density at radius 3 is 2.29 bits per heavy atom. The summed E-state index contributed by atoms with van der Waals surface area (Å²) in [4.78, 5) is 12.5. The Balaban J connectivity index is 1.71. The minimum Gasteiger partial charge on any atom is -0.493 e. The fourth-order valence-electron chi connectivity index (χ4n) is 2.70. The van der Waals surface area contributed by atoms with E-state index in [0.29, 0.717) is 29.4 Å². The van der Waals surface area contributed by atoms with Gasteiger partial charge < -0.3 is 19.5 Å². The van der Waals surface area contributed by atoms with E-state index in [1.807, 2.05) is 24.3 Å². The first kappa shape index (κ1) is 19.8. The summed E-state index contributed by atoms with van der Waals surface area (Å²) in [6.45, 7) is 0.305. The second kappa shape index (κ2) is 8.79. The Morgan fingerprint density at radius 1 is 1.07 bits per heavy atom. The highest BCUT2D eigenvalue weighted by atomic mass is 79.9. The van der Waals surface area contributed by atoms with Gasteiger partial charge in [0.1, 0.15) is 0 Å². The number of hydrogen-bond donors (Lipinski definition) is 1. The van der Waals surface area contributed by atoms with Crippen LogP contribution in [-0.4, -0.2) is 37.0 Å². The molecule has 0 aliphatic carbocycles. The van der Waals surface area contributed by atoms with Gasteiger partial charge >= 0.3 is 0 Å². The predicted molar refractivity (Wildman–Crippen MR) is 109 cm³/mol. The smallest absolute Gasteiger partial charge is 0.254 e. The zero-order valence-electron chi connectivity index (χ0n) is 15.7. The number of aromatic nitrogens is 2. The lowest BCUT2D eigenvalue weighted by atomic mass is 10.1. The minimum atomic E-state index is -0.225. The Labute approximate surface area is 171 Å². The molecular weight excluding hydrogens is 426 g/mol. The van der Waals surface area contributed by atoms with Crippen LogP contribution in [0.15, 0.2) is 53.3 Å². The van der Waals surface area contributed by atoms with E-state index in [-0.39, 0.29) is 5.91 Å². The lowest BCUT2D eigenvalue weighted by molar-refractivity contribution is 0.0951. The largest absolute Gasteiger partial charge is 0.493 e. The van der Waals surface area contributed by atoms with Gasteiger partial charge in [-0.25, -0.2) is 4.68 Å². The number of halogens is 1. The van der Waals surface area contributed by atoms with Crippen LogP contribution in [0.25, 0.3) is 5.69 Å². The molecule has 0 unspecified atom stereocenters. The summed E-state index contributed by atoms with van der Waals surface area (Å²) in [6.07, 6.45) is 3.22. The fourth-order valence-corrected chi connectivity index (χ4v) is 2.96. The highest BCUT2D eigenvalue weighted by Gasteiger charge is 2.14. The van der Waals surface area contributed by atoms with Crippen LogP contribution in [0, 0.1) is 0 Å². The molecule has 3 aromatic rings. The number of ether oxygens (including phenoxy) is 3. The maximum atomic E-state index is 12.5. The van der Waals surface area contributed by atoms with Gasteiger partial charge in [-0.05, 0) is 42.0 Å². The summed E-state index contributed by atoms with van der Waals surface area (Å²) in [5, 5.41) is 7.13. The first-order valence-electron chi connectivity index (χ1n) is 8.43. The average Bonchev–Trinajstić information content (AvgIpc) is 3.21. The van der Waals surface area contributed by atoms with Crippen molar-refractivity contribution in [2.24, 2.45) is 0 Å². The van der Waals surface area contributed by atoms with Gasteiger partial charge in [-0.15, -0.1) is 0 Å². The summed E-state index contributed by atoms with van der Waals surface area (Å²) >= 11 is 3.40. The van der Waals surface area contributed by atoms with Crippen LogP contribution in [0.5, 0.6) is 17.2 Å². The molecule has 1 N–H and O–H groups in total. The Morgan fingerprint density at radius 2 is 1.71 bits per heavy atom. The van der Waals surface area contributed by atoms with Gasteiger partial charge in [-0.3, -0.25) is 4.79 Å². The summed E-state index contributed by atoms with van der Waals surface area (Å²) in [6, 6.07) is 11.3. The number of rotatable bonds is 7. The SMILES string of the molecule is COc1cc(CNC(=O)c2cnn(-c3ccc(Br)cc3)c2)cc(OC)c1OC. The van der Waals surface area contributed by atoms with Crippen LogP contribution in [0.4, 0.5) is 0 Å². The zero-order chi connectivity index (χ0) is 20.1. The van der Waals surface area contributed by atoms with Crippen molar-refractivity contribution in [1.82, 2.24) is 15.1 Å². The first-order chi connectivity index (χ1) is 13.5. The van der Waals surface area contributed by atoms with Gasteiger partial charge in [-0.2, -0.15) is 5.10 Å². The molecule has 0 atom stereocenters. The third-order valence-electron chi connectivity index (χ3n) is 4.11. The molecule has 0 bridgehead atoms. The fraction of sp³-hybridized carbons (Fsp3) is 0.200. The molecule has 3 rings (SSSR count).